The number of ether oxygens (including phenoxy) is 1. The Morgan fingerprint density at radius 1 is 1.19 bits per heavy atom. The SMILES string of the molecule is CC(=O)N1N=C(c2cc(F)ccc2F)SC12CCOc1ccc(F)cc12. The molecule has 1 spiro atoms. The number of rotatable bonds is 1. The van der Waals surface area contributed by atoms with Crippen molar-refractivity contribution < 1.29 is 22.7 Å². The van der Waals surface area contributed by atoms with Crippen LogP contribution in [0.1, 0.15) is 24.5 Å². The van der Waals surface area contributed by atoms with Gasteiger partial charge in [0.05, 0.1) is 6.61 Å². The van der Waals surface area contributed by atoms with E-state index in [1.54, 1.807) is 0 Å². The lowest BCUT2D eigenvalue weighted by molar-refractivity contribution is -0.132. The number of carbonyl (C=O) groups excluding carboxylic acids is 1. The van der Waals surface area contributed by atoms with Gasteiger partial charge >= 0.3 is 0 Å². The Labute approximate surface area is 151 Å². The summed E-state index contributed by atoms with van der Waals surface area (Å²) < 4.78 is 47.3. The van der Waals surface area contributed by atoms with Gasteiger partial charge in [-0.2, -0.15) is 5.10 Å². The van der Waals surface area contributed by atoms with Crippen molar-refractivity contribution in [3.05, 3.63) is 65.0 Å². The fourth-order valence-electron chi connectivity index (χ4n) is 3.18. The van der Waals surface area contributed by atoms with Crippen molar-refractivity contribution in [3.63, 3.8) is 0 Å². The van der Waals surface area contributed by atoms with Gasteiger partial charge in [0, 0.05) is 24.5 Å². The molecule has 4 rings (SSSR count). The smallest absolute Gasteiger partial charge is 0.241 e. The standard InChI is InChI=1S/C18H13F3N2O2S/c1-10(24)23-18(6-7-25-16-5-3-12(20)9-14(16)18)26-17(22-23)13-8-11(19)2-4-15(13)21/h2-5,8-9H,6-7H2,1H3. The van der Waals surface area contributed by atoms with Crippen molar-refractivity contribution in [1.82, 2.24) is 5.01 Å². The highest BCUT2D eigenvalue weighted by atomic mass is 32.2. The van der Waals surface area contributed by atoms with Gasteiger partial charge in [0.15, 0.2) is 0 Å². The number of hydrazone groups is 1. The molecule has 0 aromatic heterocycles. The van der Waals surface area contributed by atoms with Crippen LogP contribution in [0.2, 0.25) is 0 Å². The molecule has 0 radical (unpaired) electrons. The molecule has 2 aromatic rings. The maximum atomic E-state index is 14.2. The van der Waals surface area contributed by atoms with Gasteiger partial charge in [-0.05, 0) is 36.4 Å². The Balaban J connectivity index is 1.86. The van der Waals surface area contributed by atoms with E-state index in [2.05, 4.69) is 5.10 Å². The average Bonchev–Trinajstić information content (AvgIpc) is 2.98. The molecule has 2 aromatic carbocycles. The van der Waals surface area contributed by atoms with Crippen molar-refractivity contribution >= 4 is 22.7 Å². The van der Waals surface area contributed by atoms with E-state index >= 15 is 0 Å². The van der Waals surface area contributed by atoms with Crippen LogP contribution in [0, 0.1) is 17.5 Å². The predicted octanol–water partition coefficient (Wildman–Crippen LogP) is 4.00. The van der Waals surface area contributed by atoms with Gasteiger partial charge in [0.2, 0.25) is 5.91 Å². The van der Waals surface area contributed by atoms with Crippen molar-refractivity contribution in [1.29, 1.82) is 0 Å². The van der Waals surface area contributed by atoms with Crippen LogP contribution < -0.4 is 4.74 Å². The lowest BCUT2D eigenvalue weighted by Gasteiger charge is -2.39. The summed E-state index contributed by atoms with van der Waals surface area (Å²) in [6.07, 6.45) is 0.331. The summed E-state index contributed by atoms with van der Waals surface area (Å²) in [4.78, 5) is 11.2. The molecule has 2 heterocycles. The number of hydrogen-bond acceptors (Lipinski definition) is 4. The van der Waals surface area contributed by atoms with Crippen LogP contribution in [0.15, 0.2) is 41.5 Å². The lowest BCUT2D eigenvalue weighted by Crippen LogP contribution is -2.43. The summed E-state index contributed by atoms with van der Waals surface area (Å²) in [5.74, 6) is -1.69. The number of hydrogen-bond donors (Lipinski definition) is 0. The molecule has 0 fully saturated rings. The number of carbonyl (C=O) groups is 1. The monoisotopic (exact) mass is 378 g/mol. The second-order valence-electron chi connectivity index (χ2n) is 5.99. The number of nitrogens with zero attached hydrogens (tertiary/aromatic N) is 2. The number of thioether (sulfide) groups is 1. The molecular weight excluding hydrogens is 365 g/mol. The summed E-state index contributed by atoms with van der Waals surface area (Å²) >= 11 is 1.10. The Kier molecular flexibility index (Phi) is 3.95. The minimum atomic E-state index is -1.06. The van der Waals surface area contributed by atoms with Crippen LogP contribution >= 0.6 is 11.8 Å². The second kappa shape index (κ2) is 6.05. The molecule has 0 saturated carbocycles. The first-order chi connectivity index (χ1) is 12.4. The number of halogens is 3. The normalized spacial score (nSPS) is 21.4. The van der Waals surface area contributed by atoms with E-state index in [0.29, 0.717) is 17.7 Å². The van der Waals surface area contributed by atoms with Gasteiger partial charge < -0.3 is 4.74 Å². The molecule has 2 aliphatic rings. The largest absolute Gasteiger partial charge is 0.493 e. The van der Waals surface area contributed by atoms with Gasteiger partial charge in [-0.3, -0.25) is 4.79 Å². The highest BCUT2D eigenvalue weighted by molar-refractivity contribution is 8.15. The van der Waals surface area contributed by atoms with Crippen molar-refractivity contribution in [3.8, 4) is 5.75 Å². The molecule has 1 amide bonds. The van der Waals surface area contributed by atoms with Gasteiger partial charge in [0.1, 0.15) is 33.1 Å². The van der Waals surface area contributed by atoms with Crippen molar-refractivity contribution in [2.45, 2.75) is 18.2 Å². The molecule has 8 heteroatoms. The Hall–Kier alpha value is -2.48. The number of fused-ring (bicyclic) bond motifs is 2. The van der Waals surface area contributed by atoms with E-state index in [0.717, 1.165) is 30.0 Å². The first-order valence-electron chi connectivity index (χ1n) is 7.87. The maximum Gasteiger partial charge on any atom is 0.241 e. The Morgan fingerprint density at radius 2 is 1.92 bits per heavy atom. The molecule has 26 heavy (non-hydrogen) atoms. The molecule has 0 saturated heterocycles. The summed E-state index contributed by atoms with van der Waals surface area (Å²) in [6.45, 7) is 1.61. The van der Waals surface area contributed by atoms with Gasteiger partial charge in [-0.15, -0.1) is 0 Å². The van der Waals surface area contributed by atoms with E-state index < -0.39 is 22.3 Å². The zero-order valence-corrected chi connectivity index (χ0v) is 14.4. The summed E-state index contributed by atoms with van der Waals surface area (Å²) in [7, 11) is 0. The number of benzene rings is 2. The molecule has 0 aliphatic carbocycles. The minimum Gasteiger partial charge on any atom is -0.493 e. The van der Waals surface area contributed by atoms with Crippen LogP contribution in [0.4, 0.5) is 13.2 Å². The van der Waals surface area contributed by atoms with Crippen LogP contribution in [0.5, 0.6) is 5.75 Å². The summed E-state index contributed by atoms with van der Waals surface area (Å²) in [5.41, 5.74) is 0.405. The van der Waals surface area contributed by atoms with Crippen LogP contribution in [0.3, 0.4) is 0 Å². The van der Waals surface area contributed by atoms with Gasteiger partial charge in [-0.1, -0.05) is 11.8 Å². The Bertz CT molecular complexity index is 950. The van der Waals surface area contributed by atoms with Crippen molar-refractivity contribution in [2.24, 2.45) is 5.10 Å². The third-order valence-corrected chi connectivity index (χ3v) is 5.75. The van der Waals surface area contributed by atoms with Crippen LogP contribution in [-0.2, 0) is 9.67 Å². The van der Waals surface area contributed by atoms with E-state index in [1.807, 2.05) is 0 Å². The predicted molar refractivity (Wildman–Crippen MR) is 91.2 cm³/mol. The molecular formula is C18H13F3N2O2S. The van der Waals surface area contributed by atoms with Gasteiger partial charge in [0.25, 0.3) is 0 Å². The Morgan fingerprint density at radius 3 is 2.69 bits per heavy atom. The van der Waals surface area contributed by atoms with Crippen LogP contribution in [0.25, 0.3) is 0 Å². The quantitative estimate of drug-likeness (QED) is 0.753. The minimum absolute atomic E-state index is 0.0393. The third-order valence-electron chi connectivity index (χ3n) is 4.32. The highest BCUT2D eigenvalue weighted by Crippen LogP contribution is 2.54. The molecule has 1 unspecified atom stereocenters. The molecule has 1 atom stereocenters. The second-order valence-corrected chi connectivity index (χ2v) is 7.25. The van der Waals surface area contributed by atoms with E-state index in [1.165, 1.54) is 30.1 Å². The lowest BCUT2D eigenvalue weighted by atomic mass is 9.98. The molecule has 4 nitrogen and oxygen atoms in total. The van der Waals surface area contributed by atoms with Crippen LogP contribution in [-0.4, -0.2) is 22.6 Å². The van der Waals surface area contributed by atoms with E-state index in [9.17, 15) is 18.0 Å². The summed E-state index contributed by atoms with van der Waals surface area (Å²) in [5, 5.41) is 5.61. The third kappa shape index (κ3) is 2.56. The maximum absolute atomic E-state index is 14.2. The zero-order valence-electron chi connectivity index (χ0n) is 13.6. The fourth-order valence-corrected chi connectivity index (χ4v) is 4.60. The fraction of sp³-hybridized carbons (Fsp3) is 0.222. The van der Waals surface area contributed by atoms with Crippen molar-refractivity contribution in [2.75, 3.05) is 6.61 Å². The molecule has 134 valence electrons. The van der Waals surface area contributed by atoms with Gasteiger partial charge in [-0.25, -0.2) is 18.2 Å². The average molecular weight is 378 g/mol. The number of amides is 1. The molecule has 0 bridgehead atoms. The molecule has 0 N–H and O–H groups in total. The van der Waals surface area contributed by atoms with E-state index in [4.69, 9.17) is 4.74 Å². The topological polar surface area (TPSA) is 41.9 Å². The molecule has 2 aliphatic heterocycles. The van der Waals surface area contributed by atoms with E-state index in [-0.39, 0.29) is 23.1 Å². The first kappa shape index (κ1) is 17.0. The highest BCUT2D eigenvalue weighted by Gasteiger charge is 2.51. The zero-order chi connectivity index (χ0) is 18.5. The first-order valence-corrected chi connectivity index (χ1v) is 8.69. The summed E-state index contributed by atoms with van der Waals surface area (Å²) in [6, 6.07) is 7.10.